The van der Waals surface area contributed by atoms with Gasteiger partial charge in [-0.2, -0.15) is 0 Å². The minimum atomic E-state index is 0.245. The van der Waals surface area contributed by atoms with E-state index in [4.69, 9.17) is 0 Å². The van der Waals surface area contributed by atoms with Crippen LogP contribution in [-0.2, 0) is 6.42 Å². The van der Waals surface area contributed by atoms with Crippen LogP contribution in [0.3, 0.4) is 0 Å². The molecule has 3 nitrogen and oxygen atoms in total. The minimum Gasteiger partial charge on any atom is -0.506 e. The largest absolute Gasteiger partial charge is 0.506 e. The minimum absolute atomic E-state index is 0.245. The van der Waals surface area contributed by atoms with Crippen molar-refractivity contribution >= 4 is 11.0 Å². The Balaban J connectivity index is 2.63. The first-order valence-corrected chi connectivity index (χ1v) is 5.10. The number of hydrogen-bond acceptors (Lipinski definition) is 3. The summed E-state index contributed by atoms with van der Waals surface area (Å²) in [5, 5.41) is 9.75. The summed E-state index contributed by atoms with van der Waals surface area (Å²) < 4.78 is 0. The van der Waals surface area contributed by atoms with Gasteiger partial charge in [0.2, 0.25) is 0 Å². The van der Waals surface area contributed by atoms with Gasteiger partial charge in [0.05, 0.1) is 17.2 Å². The van der Waals surface area contributed by atoms with Crippen molar-refractivity contribution in [3.05, 3.63) is 30.1 Å². The molecule has 0 amide bonds. The van der Waals surface area contributed by atoms with Gasteiger partial charge in [0.1, 0.15) is 5.75 Å². The van der Waals surface area contributed by atoms with Crippen molar-refractivity contribution in [2.75, 3.05) is 0 Å². The molecule has 0 spiro atoms. The third kappa shape index (κ3) is 1.91. The third-order valence-corrected chi connectivity index (χ3v) is 2.32. The predicted molar refractivity (Wildman–Crippen MR) is 59.7 cm³/mol. The van der Waals surface area contributed by atoms with E-state index in [1.54, 1.807) is 6.20 Å². The maximum absolute atomic E-state index is 9.75. The van der Waals surface area contributed by atoms with E-state index in [0.717, 1.165) is 23.0 Å². The van der Waals surface area contributed by atoms with Crippen LogP contribution in [-0.4, -0.2) is 15.1 Å². The van der Waals surface area contributed by atoms with E-state index in [-0.39, 0.29) is 5.75 Å². The number of fused-ring (bicyclic) bond motifs is 1. The number of hydrogen-bond donors (Lipinski definition) is 1. The fourth-order valence-corrected chi connectivity index (χ4v) is 1.67. The molecular weight excluding hydrogens is 188 g/mol. The molecule has 1 N–H and O–H groups in total. The van der Waals surface area contributed by atoms with Gasteiger partial charge in [0.25, 0.3) is 0 Å². The van der Waals surface area contributed by atoms with Gasteiger partial charge in [-0.25, -0.2) is 0 Å². The number of aromatic nitrogens is 2. The summed E-state index contributed by atoms with van der Waals surface area (Å²) in [5.41, 5.74) is 2.55. The summed E-state index contributed by atoms with van der Waals surface area (Å²) in [6.45, 7) is 4.24. The molecule has 3 heteroatoms. The average molecular weight is 202 g/mol. The fraction of sp³-hybridized carbons (Fsp3) is 0.333. The molecule has 0 saturated heterocycles. The Labute approximate surface area is 88.8 Å². The normalized spacial score (nSPS) is 11.1. The van der Waals surface area contributed by atoms with E-state index in [0.29, 0.717) is 5.92 Å². The first-order valence-electron chi connectivity index (χ1n) is 5.10. The average Bonchev–Trinajstić information content (AvgIpc) is 2.22. The van der Waals surface area contributed by atoms with Crippen LogP contribution in [0.4, 0.5) is 0 Å². The molecule has 0 aliphatic rings. The molecule has 0 fully saturated rings. The molecule has 2 aromatic heterocycles. The number of rotatable bonds is 2. The van der Waals surface area contributed by atoms with Crippen molar-refractivity contribution < 1.29 is 5.11 Å². The highest BCUT2D eigenvalue weighted by molar-refractivity contribution is 5.79. The summed E-state index contributed by atoms with van der Waals surface area (Å²) >= 11 is 0. The molecule has 2 heterocycles. The van der Waals surface area contributed by atoms with Gasteiger partial charge in [-0.3, -0.25) is 9.97 Å². The van der Waals surface area contributed by atoms with Gasteiger partial charge in [0.15, 0.2) is 0 Å². The van der Waals surface area contributed by atoms with Crippen molar-refractivity contribution in [1.29, 1.82) is 0 Å². The Morgan fingerprint density at radius 1 is 1.33 bits per heavy atom. The van der Waals surface area contributed by atoms with Crippen LogP contribution in [0.15, 0.2) is 24.5 Å². The highest BCUT2D eigenvalue weighted by Gasteiger charge is 2.10. The molecule has 0 radical (unpaired) electrons. The van der Waals surface area contributed by atoms with Crippen LogP contribution in [0.1, 0.15) is 19.4 Å². The Morgan fingerprint density at radius 3 is 2.87 bits per heavy atom. The lowest BCUT2D eigenvalue weighted by Crippen LogP contribution is -1.98. The molecule has 0 aromatic carbocycles. The Hall–Kier alpha value is -1.64. The smallest absolute Gasteiger partial charge is 0.139 e. The van der Waals surface area contributed by atoms with Crippen molar-refractivity contribution in [2.45, 2.75) is 20.3 Å². The standard InChI is InChI=1S/C12H14N2O/c1-8(2)6-9-11(15)7-14-10-4-3-5-13-12(9)10/h3-5,7-8,15H,6H2,1-2H3. The molecular formula is C12H14N2O. The Bertz CT molecular complexity index is 480. The van der Waals surface area contributed by atoms with Gasteiger partial charge >= 0.3 is 0 Å². The van der Waals surface area contributed by atoms with Crippen LogP contribution in [0.25, 0.3) is 11.0 Å². The summed E-state index contributed by atoms with van der Waals surface area (Å²) in [4.78, 5) is 8.41. The number of pyridine rings is 2. The fourth-order valence-electron chi connectivity index (χ4n) is 1.67. The lowest BCUT2D eigenvalue weighted by Gasteiger charge is -2.09. The van der Waals surface area contributed by atoms with Gasteiger partial charge in [-0.1, -0.05) is 13.8 Å². The van der Waals surface area contributed by atoms with Crippen LogP contribution in [0.5, 0.6) is 5.75 Å². The summed E-state index contributed by atoms with van der Waals surface area (Å²) in [6.07, 6.45) is 4.05. The van der Waals surface area contributed by atoms with Gasteiger partial charge < -0.3 is 5.11 Å². The molecule has 0 aliphatic heterocycles. The predicted octanol–water partition coefficient (Wildman–Crippen LogP) is 2.53. The van der Waals surface area contributed by atoms with Gasteiger partial charge in [-0.05, 0) is 24.5 Å². The molecule has 2 rings (SSSR count). The van der Waals surface area contributed by atoms with E-state index in [1.165, 1.54) is 6.20 Å². The zero-order chi connectivity index (χ0) is 10.8. The summed E-state index contributed by atoms with van der Waals surface area (Å²) in [6, 6.07) is 3.76. The monoisotopic (exact) mass is 202 g/mol. The van der Waals surface area contributed by atoms with E-state index in [1.807, 2.05) is 12.1 Å². The molecule has 0 unspecified atom stereocenters. The van der Waals surface area contributed by atoms with Gasteiger partial charge in [0, 0.05) is 11.8 Å². The topological polar surface area (TPSA) is 46.0 Å². The highest BCUT2D eigenvalue weighted by Crippen LogP contribution is 2.25. The second-order valence-corrected chi connectivity index (χ2v) is 4.09. The van der Waals surface area contributed by atoms with Crippen LogP contribution in [0.2, 0.25) is 0 Å². The molecule has 0 atom stereocenters. The van der Waals surface area contributed by atoms with Crippen molar-refractivity contribution in [2.24, 2.45) is 5.92 Å². The van der Waals surface area contributed by atoms with E-state index in [9.17, 15) is 5.11 Å². The number of aromatic hydroxyl groups is 1. The Morgan fingerprint density at radius 2 is 2.13 bits per heavy atom. The van der Waals surface area contributed by atoms with Crippen molar-refractivity contribution in [3.8, 4) is 5.75 Å². The maximum Gasteiger partial charge on any atom is 0.139 e. The highest BCUT2D eigenvalue weighted by atomic mass is 16.3. The molecule has 2 aromatic rings. The number of nitrogens with zero attached hydrogens (tertiary/aromatic N) is 2. The van der Waals surface area contributed by atoms with Crippen LogP contribution < -0.4 is 0 Å². The summed E-state index contributed by atoms with van der Waals surface area (Å²) in [7, 11) is 0. The zero-order valence-corrected chi connectivity index (χ0v) is 8.94. The van der Waals surface area contributed by atoms with Crippen LogP contribution in [0, 0.1) is 5.92 Å². The quantitative estimate of drug-likeness (QED) is 0.814. The van der Waals surface area contributed by atoms with Crippen molar-refractivity contribution in [3.63, 3.8) is 0 Å². The first-order chi connectivity index (χ1) is 7.18. The van der Waals surface area contributed by atoms with E-state index >= 15 is 0 Å². The lowest BCUT2D eigenvalue weighted by molar-refractivity contribution is 0.461. The molecule has 0 aliphatic carbocycles. The first kappa shape index (κ1) is 9.90. The van der Waals surface area contributed by atoms with Gasteiger partial charge in [-0.15, -0.1) is 0 Å². The van der Waals surface area contributed by atoms with E-state index < -0.39 is 0 Å². The third-order valence-electron chi connectivity index (χ3n) is 2.32. The zero-order valence-electron chi connectivity index (χ0n) is 8.94. The SMILES string of the molecule is CC(C)Cc1c(O)cnc2cccnc12. The Kier molecular flexibility index (Phi) is 2.54. The second kappa shape index (κ2) is 3.85. The van der Waals surface area contributed by atoms with E-state index in [2.05, 4.69) is 23.8 Å². The molecule has 78 valence electrons. The molecule has 15 heavy (non-hydrogen) atoms. The maximum atomic E-state index is 9.75. The second-order valence-electron chi connectivity index (χ2n) is 4.09. The van der Waals surface area contributed by atoms with Crippen molar-refractivity contribution in [1.82, 2.24) is 9.97 Å². The molecule has 0 bridgehead atoms. The van der Waals surface area contributed by atoms with Crippen LogP contribution >= 0.6 is 0 Å². The summed E-state index contributed by atoms with van der Waals surface area (Å²) in [5.74, 6) is 0.735. The lowest BCUT2D eigenvalue weighted by atomic mass is 10.0. The molecule has 0 saturated carbocycles.